The molecular weight excluding hydrogens is 393 g/mol. The largest absolute Gasteiger partial charge is 0.395 e. The Kier molecular flexibility index (Phi) is 4.19. The van der Waals surface area contributed by atoms with Gasteiger partial charge in [-0.1, -0.05) is 19.1 Å². The van der Waals surface area contributed by atoms with Gasteiger partial charge in [0.15, 0.2) is 0 Å². The average Bonchev–Trinajstić information content (AvgIpc) is 2.85. The molecule has 0 amide bonds. The quantitative estimate of drug-likeness (QED) is 0.694. The zero-order valence-electron chi connectivity index (χ0n) is 14.3. The van der Waals surface area contributed by atoms with Gasteiger partial charge >= 0.3 is 6.18 Å². The van der Waals surface area contributed by atoms with E-state index in [1.165, 1.54) is 16.5 Å². The van der Waals surface area contributed by atoms with Crippen LogP contribution in [0.4, 0.5) is 13.2 Å². The molecule has 0 bridgehead atoms. The fourth-order valence-corrected chi connectivity index (χ4v) is 5.53. The van der Waals surface area contributed by atoms with E-state index in [1.54, 1.807) is 6.92 Å². The van der Waals surface area contributed by atoms with Gasteiger partial charge < -0.3 is 9.88 Å². The molecule has 1 radical (unpaired) electrons. The average molecular weight is 414 g/mol. The minimum absolute atomic E-state index is 0.0740. The van der Waals surface area contributed by atoms with Crippen molar-refractivity contribution in [3.63, 3.8) is 0 Å². The van der Waals surface area contributed by atoms with Crippen molar-refractivity contribution < 1.29 is 13.2 Å². The van der Waals surface area contributed by atoms with Crippen LogP contribution < -0.4 is 0 Å². The highest BCUT2D eigenvalue weighted by Crippen LogP contribution is 2.50. The number of hydrogen-bond donors (Lipinski definition) is 1. The number of halogens is 4. The molecule has 2 nitrogen and oxygen atoms in total. The molecule has 25 heavy (non-hydrogen) atoms. The molecule has 6 heteroatoms. The highest BCUT2D eigenvalue weighted by Gasteiger charge is 2.49. The van der Waals surface area contributed by atoms with Gasteiger partial charge in [0.25, 0.3) is 0 Å². The molecule has 1 aromatic carbocycles. The number of aromatic amines is 1. The molecule has 2 heterocycles. The van der Waals surface area contributed by atoms with Crippen molar-refractivity contribution in [2.75, 3.05) is 13.6 Å². The van der Waals surface area contributed by atoms with E-state index in [9.17, 15) is 13.2 Å². The number of nitrogens with one attached hydrogen (secondary N) is 1. The molecule has 1 aromatic heterocycles. The molecule has 0 saturated carbocycles. The lowest BCUT2D eigenvalue weighted by Gasteiger charge is -2.47. The Balaban J connectivity index is 1.76. The third kappa shape index (κ3) is 2.72. The summed E-state index contributed by atoms with van der Waals surface area (Å²) in [5, 5.41) is 1.20. The first-order valence-electron chi connectivity index (χ1n) is 8.73. The first-order valence-corrected chi connectivity index (χ1v) is 9.52. The predicted octanol–water partition coefficient (Wildman–Crippen LogP) is 5.44. The summed E-state index contributed by atoms with van der Waals surface area (Å²) in [6.45, 7) is 2.11. The van der Waals surface area contributed by atoms with Crippen molar-refractivity contribution in [3.8, 4) is 0 Å². The molecule has 3 atom stereocenters. The number of fused-ring (bicyclic) bond motifs is 2. The number of piperidine rings is 1. The molecule has 1 aliphatic carbocycles. The smallest absolute Gasteiger partial charge is 0.349 e. The fraction of sp³-hybridized carbons (Fsp3) is 0.526. The standard InChI is InChI=1S/C19H21BrF3N2/c1-3-14(19(21,22)23)10-7-12-11-5-4-6-15-17(11)13(18(20)24-15)8-16(12)25(2)9-10/h4-6,10,12,16,24H,3,7-9H2,1-2H3/t10-,12-,16-/m1/s1. The number of alkyl halides is 3. The lowest BCUT2D eigenvalue weighted by molar-refractivity contribution is -0.130. The van der Waals surface area contributed by atoms with Crippen LogP contribution in [0.25, 0.3) is 10.9 Å². The number of hydrogen-bond acceptors (Lipinski definition) is 1. The SMILES string of the molecule is CC[C]([C@@H]1C[C@@H]2c3cccc4[nH]c(Br)c(c34)C[C@H]2N(C)C1)C(F)(F)F. The van der Waals surface area contributed by atoms with Crippen LogP contribution in [0.2, 0.25) is 0 Å². The van der Waals surface area contributed by atoms with Crippen LogP contribution >= 0.6 is 15.9 Å². The summed E-state index contributed by atoms with van der Waals surface area (Å²) in [6, 6.07) is 6.40. The van der Waals surface area contributed by atoms with Crippen LogP contribution in [0.3, 0.4) is 0 Å². The summed E-state index contributed by atoms with van der Waals surface area (Å²) in [5.74, 6) is -0.534. The summed E-state index contributed by atoms with van der Waals surface area (Å²) in [6.07, 6.45) is -2.67. The van der Waals surface area contributed by atoms with Gasteiger partial charge in [0.2, 0.25) is 0 Å². The molecule has 135 valence electrons. The maximum Gasteiger partial charge on any atom is 0.395 e. The van der Waals surface area contributed by atoms with Crippen molar-refractivity contribution in [1.29, 1.82) is 0 Å². The van der Waals surface area contributed by atoms with Crippen LogP contribution in [-0.2, 0) is 6.42 Å². The Morgan fingerprint density at radius 2 is 2.12 bits per heavy atom. The van der Waals surface area contributed by atoms with Crippen molar-refractivity contribution >= 4 is 26.8 Å². The Bertz CT molecular complexity index is 798. The van der Waals surface area contributed by atoms with E-state index in [0.717, 1.165) is 16.5 Å². The van der Waals surface area contributed by atoms with E-state index in [1.807, 2.05) is 19.2 Å². The van der Waals surface area contributed by atoms with Gasteiger partial charge in [-0.2, -0.15) is 13.2 Å². The number of aromatic nitrogens is 1. The normalized spacial score (nSPS) is 27.1. The molecule has 1 N–H and O–H groups in total. The number of rotatable bonds is 2. The number of benzene rings is 1. The Labute approximate surface area is 153 Å². The van der Waals surface area contributed by atoms with Gasteiger partial charge in [-0.25, -0.2) is 0 Å². The van der Waals surface area contributed by atoms with Gasteiger partial charge in [0.05, 0.1) is 10.5 Å². The van der Waals surface area contributed by atoms with E-state index < -0.39 is 12.1 Å². The molecule has 1 aliphatic heterocycles. The monoisotopic (exact) mass is 413 g/mol. The highest BCUT2D eigenvalue weighted by atomic mass is 79.9. The number of likely N-dealkylation sites (tertiary alicyclic amines) is 1. The first kappa shape index (κ1) is 17.4. The van der Waals surface area contributed by atoms with Gasteiger partial charge in [0.1, 0.15) is 0 Å². The summed E-state index contributed by atoms with van der Waals surface area (Å²) in [4.78, 5) is 5.51. The molecule has 0 unspecified atom stereocenters. The summed E-state index contributed by atoms with van der Waals surface area (Å²) < 4.78 is 41.4. The Morgan fingerprint density at radius 1 is 1.36 bits per heavy atom. The molecule has 0 spiro atoms. The van der Waals surface area contributed by atoms with Crippen LogP contribution in [-0.4, -0.2) is 35.7 Å². The van der Waals surface area contributed by atoms with Gasteiger partial charge in [-0.05, 0) is 65.4 Å². The van der Waals surface area contributed by atoms with Crippen molar-refractivity contribution in [2.24, 2.45) is 5.92 Å². The second-order valence-electron chi connectivity index (χ2n) is 7.31. The van der Waals surface area contributed by atoms with Crippen LogP contribution in [0.1, 0.15) is 36.8 Å². The van der Waals surface area contributed by atoms with E-state index in [2.05, 4.69) is 31.9 Å². The Morgan fingerprint density at radius 3 is 2.80 bits per heavy atom. The lowest BCUT2D eigenvalue weighted by Crippen LogP contribution is -2.50. The molecule has 1 fully saturated rings. The van der Waals surface area contributed by atoms with Crippen molar-refractivity contribution in [2.45, 2.75) is 44.3 Å². The maximum absolute atomic E-state index is 13.5. The van der Waals surface area contributed by atoms with E-state index in [4.69, 9.17) is 0 Å². The van der Waals surface area contributed by atoms with E-state index in [-0.39, 0.29) is 24.3 Å². The summed E-state index contributed by atoms with van der Waals surface area (Å²) >= 11 is 3.62. The topological polar surface area (TPSA) is 19.0 Å². The molecule has 4 rings (SSSR count). The van der Waals surface area contributed by atoms with Crippen molar-refractivity contribution in [3.05, 3.63) is 39.8 Å². The predicted molar refractivity (Wildman–Crippen MR) is 96.6 cm³/mol. The van der Waals surface area contributed by atoms with E-state index >= 15 is 0 Å². The Hall–Kier alpha value is -1.01. The third-order valence-corrected chi connectivity index (χ3v) is 6.71. The molecule has 2 aliphatic rings. The van der Waals surface area contributed by atoms with Gasteiger partial charge in [-0.3, -0.25) is 0 Å². The number of likely N-dealkylation sites (N-methyl/N-ethyl adjacent to an activating group) is 1. The second-order valence-corrected chi connectivity index (χ2v) is 8.11. The zero-order valence-corrected chi connectivity index (χ0v) is 15.8. The fourth-order valence-electron chi connectivity index (χ4n) is 4.96. The maximum atomic E-state index is 13.5. The number of H-pyrrole nitrogens is 1. The minimum Gasteiger partial charge on any atom is -0.349 e. The second kappa shape index (κ2) is 6.02. The summed E-state index contributed by atoms with van der Waals surface area (Å²) in [7, 11) is 1.97. The molecular formula is C19H21BrF3N2. The molecule has 1 saturated heterocycles. The van der Waals surface area contributed by atoms with Gasteiger partial charge in [0, 0.05) is 29.4 Å². The highest BCUT2D eigenvalue weighted by molar-refractivity contribution is 9.10. The summed E-state index contributed by atoms with van der Waals surface area (Å²) in [5.41, 5.74) is 3.52. The van der Waals surface area contributed by atoms with E-state index in [0.29, 0.717) is 13.0 Å². The van der Waals surface area contributed by atoms with Crippen molar-refractivity contribution in [1.82, 2.24) is 9.88 Å². The zero-order chi connectivity index (χ0) is 17.9. The minimum atomic E-state index is -4.20. The number of nitrogens with zero attached hydrogens (tertiary/aromatic N) is 1. The third-order valence-electron chi connectivity index (χ3n) is 6.04. The first-order chi connectivity index (χ1) is 11.8. The lowest BCUT2D eigenvalue weighted by atomic mass is 9.69. The van der Waals surface area contributed by atoms with Crippen LogP contribution in [0, 0.1) is 11.8 Å². The van der Waals surface area contributed by atoms with Crippen LogP contribution in [0.15, 0.2) is 22.8 Å². The van der Waals surface area contributed by atoms with Crippen LogP contribution in [0.5, 0.6) is 0 Å². The van der Waals surface area contributed by atoms with Gasteiger partial charge in [-0.15, -0.1) is 0 Å². The molecule has 2 aromatic rings.